The SMILES string of the molecule is CCc1ccc2c(c1)C(CCN=C(C)c1ccc(CNC3CCCCC3)cc1)=CCC2. The molecule has 164 valence electrons. The fourth-order valence-corrected chi connectivity index (χ4v) is 4.98. The average Bonchev–Trinajstić information content (AvgIpc) is 2.83. The topological polar surface area (TPSA) is 24.4 Å². The normalized spacial score (nSPS) is 17.4. The molecule has 2 aromatic carbocycles. The molecule has 0 aliphatic heterocycles. The molecular weight excluding hydrogens is 376 g/mol. The molecule has 0 heterocycles. The smallest absolute Gasteiger partial charge is 0.0433 e. The second-order valence-corrected chi connectivity index (χ2v) is 9.24. The Morgan fingerprint density at radius 3 is 2.55 bits per heavy atom. The summed E-state index contributed by atoms with van der Waals surface area (Å²) >= 11 is 0. The maximum absolute atomic E-state index is 4.91. The third-order valence-corrected chi connectivity index (χ3v) is 7.03. The van der Waals surface area contributed by atoms with Crippen LogP contribution >= 0.6 is 0 Å². The Morgan fingerprint density at radius 2 is 1.77 bits per heavy atom. The summed E-state index contributed by atoms with van der Waals surface area (Å²) in [7, 11) is 0. The standard InChI is InChI=1S/C29H38N2/c1-3-23-12-17-26-8-7-9-27(29(26)20-23)18-19-30-22(2)25-15-13-24(14-16-25)21-31-28-10-5-4-6-11-28/h9,12-17,20,28,31H,3-8,10-11,18-19,21H2,1-2H3. The quantitative estimate of drug-likeness (QED) is 0.467. The highest BCUT2D eigenvalue weighted by molar-refractivity contribution is 5.98. The third-order valence-electron chi connectivity index (χ3n) is 7.03. The molecule has 2 aliphatic carbocycles. The number of fused-ring (bicyclic) bond motifs is 1. The number of nitrogens with zero attached hydrogens (tertiary/aromatic N) is 1. The predicted octanol–water partition coefficient (Wildman–Crippen LogP) is 6.90. The van der Waals surface area contributed by atoms with Gasteiger partial charge in [0.1, 0.15) is 0 Å². The minimum Gasteiger partial charge on any atom is -0.310 e. The van der Waals surface area contributed by atoms with Crippen molar-refractivity contribution in [2.45, 2.75) is 84.2 Å². The van der Waals surface area contributed by atoms with Crippen molar-refractivity contribution >= 4 is 11.3 Å². The van der Waals surface area contributed by atoms with Crippen LogP contribution in [0.5, 0.6) is 0 Å². The lowest BCUT2D eigenvalue weighted by Crippen LogP contribution is -2.30. The Hall–Kier alpha value is -2.19. The fourth-order valence-electron chi connectivity index (χ4n) is 4.98. The molecular formula is C29H38N2. The first kappa shape index (κ1) is 22.0. The van der Waals surface area contributed by atoms with Crippen molar-refractivity contribution in [3.8, 4) is 0 Å². The van der Waals surface area contributed by atoms with Gasteiger partial charge >= 0.3 is 0 Å². The van der Waals surface area contributed by atoms with Crippen LogP contribution < -0.4 is 5.32 Å². The zero-order valence-corrected chi connectivity index (χ0v) is 19.4. The molecule has 1 fully saturated rings. The van der Waals surface area contributed by atoms with E-state index in [1.54, 1.807) is 0 Å². The van der Waals surface area contributed by atoms with Crippen molar-refractivity contribution in [1.82, 2.24) is 5.32 Å². The van der Waals surface area contributed by atoms with Gasteiger partial charge in [-0.25, -0.2) is 0 Å². The first-order chi connectivity index (χ1) is 15.2. The molecule has 2 nitrogen and oxygen atoms in total. The van der Waals surface area contributed by atoms with Gasteiger partial charge in [0.25, 0.3) is 0 Å². The van der Waals surface area contributed by atoms with E-state index in [1.807, 2.05) is 0 Å². The van der Waals surface area contributed by atoms with Crippen LogP contribution in [0.4, 0.5) is 0 Å². The molecule has 0 atom stereocenters. The molecule has 2 aromatic rings. The summed E-state index contributed by atoms with van der Waals surface area (Å²) in [6.45, 7) is 6.22. The molecule has 2 heteroatoms. The van der Waals surface area contributed by atoms with Crippen molar-refractivity contribution in [3.63, 3.8) is 0 Å². The molecule has 0 bridgehead atoms. The molecule has 2 aliphatic rings. The number of rotatable bonds is 8. The Kier molecular flexibility index (Phi) is 7.75. The zero-order valence-electron chi connectivity index (χ0n) is 19.4. The van der Waals surface area contributed by atoms with E-state index in [2.05, 4.69) is 67.7 Å². The van der Waals surface area contributed by atoms with Gasteiger partial charge in [0.15, 0.2) is 0 Å². The number of hydrogen-bond acceptors (Lipinski definition) is 2. The second kappa shape index (κ2) is 10.9. The highest BCUT2D eigenvalue weighted by atomic mass is 14.9. The van der Waals surface area contributed by atoms with Gasteiger partial charge in [-0.15, -0.1) is 0 Å². The van der Waals surface area contributed by atoms with Gasteiger partial charge in [-0.05, 0) is 78.8 Å². The summed E-state index contributed by atoms with van der Waals surface area (Å²) in [5.41, 5.74) is 9.65. The highest BCUT2D eigenvalue weighted by Crippen LogP contribution is 2.30. The summed E-state index contributed by atoms with van der Waals surface area (Å²) < 4.78 is 0. The summed E-state index contributed by atoms with van der Waals surface area (Å²) in [5, 5.41) is 3.74. The van der Waals surface area contributed by atoms with Gasteiger partial charge in [0, 0.05) is 24.8 Å². The van der Waals surface area contributed by atoms with Crippen molar-refractivity contribution in [1.29, 1.82) is 0 Å². The first-order valence-electron chi connectivity index (χ1n) is 12.4. The lowest BCUT2D eigenvalue weighted by molar-refractivity contribution is 0.372. The summed E-state index contributed by atoms with van der Waals surface area (Å²) in [4.78, 5) is 4.91. The number of allylic oxidation sites excluding steroid dienone is 1. The van der Waals surface area contributed by atoms with Gasteiger partial charge in [-0.2, -0.15) is 0 Å². The molecule has 0 radical (unpaired) electrons. The largest absolute Gasteiger partial charge is 0.310 e. The molecule has 0 aromatic heterocycles. The van der Waals surface area contributed by atoms with Gasteiger partial charge in [0.2, 0.25) is 0 Å². The van der Waals surface area contributed by atoms with Gasteiger partial charge in [-0.1, -0.05) is 74.7 Å². The van der Waals surface area contributed by atoms with Crippen molar-refractivity contribution in [3.05, 3.63) is 76.4 Å². The van der Waals surface area contributed by atoms with Crippen molar-refractivity contribution in [2.24, 2.45) is 4.99 Å². The van der Waals surface area contributed by atoms with Crippen LogP contribution in [0.1, 0.15) is 86.6 Å². The molecule has 1 saturated carbocycles. The Morgan fingerprint density at radius 1 is 1.00 bits per heavy atom. The van der Waals surface area contributed by atoms with Crippen LogP contribution in [0, 0.1) is 0 Å². The molecule has 0 saturated heterocycles. The Bertz CT molecular complexity index is 914. The highest BCUT2D eigenvalue weighted by Gasteiger charge is 2.13. The van der Waals surface area contributed by atoms with E-state index >= 15 is 0 Å². The number of nitrogens with one attached hydrogen (secondary N) is 1. The van der Waals surface area contributed by atoms with E-state index < -0.39 is 0 Å². The van der Waals surface area contributed by atoms with E-state index in [-0.39, 0.29) is 0 Å². The summed E-state index contributed by atoms with van der Waals surface area (Å²) in [6.07, 6.45) is 13.7. The van der Waals surface area contributed by atoms with Gasteiger partial charge < -0.3 is 5.32 Å². The summed E-state index contributed by atoms with van der Waals surface area (Å²) in [5.74, 6) is 0. The van der Waals surface area contributed by atoms with Crippen molar-refractivity contribution < 1.29 is 0 Å². The van der Waals surface area contributed by atoms with Crippen LogP contribution in [-0.4, -0.2) is 18.3 Å². The Balaban J connectivity index is 1.31. The summed E-state index contributed by atoms with van der Waals surface area (Å²) in [6, 6.07) is 16.7. The molecule has 0 unspecified atom stereocenters. The van der Waals surface area contributed by atoms with Crippen LogP contribution in [0.25, 0.3) is 5.57 Å². The van der Waals surface area contributed by atoms with E-state index in [0.29, 0.717) is 6.04 Å². The predicted molar refractivity (Wildman–Crippen MR) is 134 cm³/mol. The maximum atomic E-state index is 4.91. The minimum absolute atomic E-state index is 0.712. The van der Waals surface area contributed by atoms with Gasteiger partial charge in [0.05, 0.1) is 0 Å². The fraction of sp³-hybridized carbons (Fsp3) is 0.483. The van der Waals surface area contributed by atoms with Crippen LogP contribution in [0.2, 0.25) is 0 Å². The zero-order chi connectivity index (χ0) is 21.5. The van der Waals surface area contributed by atoms with E-state index in [0.717, 1.165) is 38.1 Å². The number of aryl methyl sites for hydroxylation is 2. The third kappa shape index (κ3) is 5.95. The maximum Gasteiger partial charge on any atom is 0.0433 e. The molecule has 0 spiro atoms. The molecule has 31 heavy (non-hydrogen) atoms. The van der Waals surface area contributed by atoms with Crippen molar-refractivity contribution in [2.75, 3.05) is 6.54 Å². The molecule has 1 N–H and O–H groups in total. The lowest BCUT2D eigenvalue weighted by atomic mass is 9.87. The van der Waals surface area contributed by atoms with E-state index in [4.69, 9.17) is 4.99 Å². The van der Waals surface area contributed by atoms with Gasteiger partial charge in [-0.3, -0.25) is 4.99 Å². The van der Waals surface area contributed by atoms with Crippen LogP contribution in [-0.2, 0) is 19.4 Å². The first-order valence-corrected chi connectivity index (χ1v) is 12.4. The Labute approximate surface area is 188 Å². The average molecular weight is 415 g/mol. The second-order valence-electron chi connectivity index (χ2n) is 9.24. The minimum atomic E-state index is 0.712. The monoisotopic (exact) mass is 414 g/mol. The van der Waals surface area contributed by atoms with Crippen LogP contribution in [0.3, 0.4) is 0 Å². The number of benzene rings is 2. The molecule has 4 rings (SSSR count). The van der Waals surface area contributed by atoms with E-state index in [1.165, 1.54) is 71.9 Å². The van der Waals surface area contributed by atoms with E-state index in [9.17, 15) is 0 Å². The number of aliphatic imine (C=N–C) groups is 1. The number of hydrogen-bond donors (Lipinski definition) is 1. The van der Waals surface area contributed by atoms with Crippen LogP contribution in [0.15, 0.2) is 53.5 Å². The molecule has 0 amide bonds. The lowest BCUT2D eigenvalue weighted by Gasteiger charge is -2.22.